The summed E-state index contributed by atoms with van der Waals surface area (Å²) in [5.74, 6) is 0.703. The number of anilines is 1. The minimum absolute atomic E-state index is 0. The lowest BCUT2D eigenvalue weighted by Gasteiger charge is -2.03. The zero-order valence-electron chi connectivity index (χ0n) is 12.7. The Bertz CT molecular complexity index is 583. The van der Waals surface area contributed by atoms with Crippen LogP contribution >= 0.6 is 35.5 Å². The number of nitrogens with one attached hydrogen (secondary N) is 2. The number of halogens is 1. The molecule has 1 aromatic heterocycles. The monoisotopic (exact) mass is 374 g/mol. The maximum atomic E-state index is 11.7. The topological polar surface area (TPSA) is 76.1 Å². The van der Waals surface area contributed by atoms with Gasteiger partial charge in [0.25, 0.3) is 0 Å². The highest BCUT2D eigenvalue weighted by Crippen LogP contribution is 2.28. The molecule has 2 rings (SSSR count). The van der Waals surface area contributed by atoms with Crippen molar-refractivity contribution in [3.8, 4) is 0 Å². The van der Waals surface area contributed by atoms with E-state index in [9.17, 15) is 4.79 Å². The standard InChI is InChI=1S/C14H18N4O2S2.ClH/c1-20-8-7-15-9-12(19)16-13-17-18-14(22-13)21-10-11-5-3-2-4-6-11;/h2-6,15H,7-10H2,1H3,(H,16,17,19);1H. The molecular formula is C14H19ClN4O2S2. The van der Waals surface area contributed by atoms with Crippen LogP contribution in [0.25, 0.3) is 0 Å². The molecule has 1 amide bonds. The van der Waals surface area contributed by atoms with E-state index in [4.69, 9.17) is 4.74 Å². The Morgan fingerprint density at radius 2 is 2.09 bits per heavy atom. The summed E-state index contributed by atoms with van der Waals surface area (Å²) in [5.41, 5.74) is 1.23. The van der Waals surface area contributed by atoms with E-state index < -0.39 is 0 Å². The van der Waals surface area contributed by atoms with Gasteiger partial charge in [0, 0.05) is 19.4 Å². The number of carbonyl (C=O) groups is 1. The maximum absolute atomic E-state index is 11.7. The minimum Gasteiger partial charge on any atom is -0.383 e. The van der Waals surface area contributed by atoms with Crippen LogP contribution in [0.3, 0.4) is 0 Å². The first-order chi connectivity index (χ1) is 10.8. The molecule has 23 heavy (non-hydrogen) atoms. The molecule has 0 radical (unpaired) electrons. The number of nitrogens with zero attached hydrogens (tertiary/aromatic N) is 2. The first-order valence-corrected chi connectivity index (χ1v) is 8.58. The number of aromatic nitrogens is 2. The Morgan fingerprint density at radius 3 is 2.83 bits per heavy atom. The van der Waals surface area contributed by atoms with Gasteiger partial charge in [0.15, 0.2) is 4.34 Å². The van der Waals surface area contributed by atoms with Gasteiger partial charge in [-0.25, -0.2) is 0 Å². The zero-order chi connectivity index (χ0) is 15.6. The second-order valence-corrected chi connectivity index (χ2v) is 6.57. The van der Waals surface area contributed by atoms with E-state index in [0.717, 1.165) is 10.1 Å². The quantitative estimate of drug-likeness (QED) is 0.399. The summed E-state index contributed by atoms with van der Waals surface area (Å²) in [4.78, 5) is 11.7. The summed E-state index contributed by atoms with van der Waals surface area (Å²) >= 11 is 2.99. The van der Waals surface area contributed by atoms with Gasteiger partial charge in [0.2, 0.25) is 11.0 Å². The van der Waals surface area contributed by atoms with Gasteiger partial charge in [-0.1, -0.05) is 53.4 Å². The van der Waals surface area contributed by atoms with Crippen LogP contribution < -0.4 is 10.6 Å². The minimum atomic E-state index is -0.133. The van der Waals surface area contributed by atoms with E-state index >= 15 is 0 Å². The average molecular weight is 375 g/mol. The highest BCUT2D eigenvalue weighted by Gasteiger charge is 2.08. The molecule has 0 saturated carbocycles. The first-order valence-electron chi connectivity index (χ1n) is 6.77. The fourth-order valence-corrected chi connectivity index (χ4v) is 3.30. The number of hydrogen-bond acceptors (Lipinski definition) is 7. The highest BCUT2D eigenvalue weighted by molar-refractivity contribution is 8.00. The maximum Gasteiger partial charge on any atom is 0.240 e. The summed E-state index contributed by atoms with van der Waals surface area (Å²) in [7, 11) is 1.62. The lowest BCUT2D eigenvalue weighted by molar-refractivity contribution is -0.115. The molecule has 9 heteroatoms. The summed E-state index contributed by atoms with van der Waals surface area (Å²) in [6.45, 7) is 1.44. The summed E-state index contributed by atoms with van der Waals surface area (Å²) in [5, 5.41) is 14.3. The van der Waals surface area contributed by atoms with Crippen LogP contribution in [0.15, 0.2) is 34.7 Å². The van der Waals surface area contributed by atoms with Gasteiger partial charge in [-0.3, -0.25) is 10.1 Å². The van der Waals surface area contributed by atoms with Gasteiger partial charge in [0.1, 0.15) is 0 Å². The molecule has 2 N–H and O–H groups in total. The van der Waals surface area contributed by atoms with Crippen LogP contribution in [0.4, 0.5) is 5.13 Å². The third-order valence-corrected chi connectivity index (χ3v) is 4.67. The Labute approximate surface area is 149 Å². The molecule has 1 aromatic carbocycles. The molecule has 0 fully saturated rings. The molecule has 0 aliphatic carbocycles. The molecule has 126 valence electrons. The first kappa shape index (κ1) is 19.9. The smallest absolute Gasteiger partial charge is 0.240 e. The summed E-state index contributed by atoms with van der Waals surface area (Å²) in [6.07, 6.45) is 0. The van der Waals surface area contributed by atoms with E-state index in [0.29, 0.717) is 18.3 Å². The summed E-state index contributed by atoms with van der Waals surface area (Å²) in [6, 6.07) is 10.2. The molecular weight excluding hydrogens is 356 g/mol. The van der Waals surface area contributed by atoms with Crippen molar-refractivity contribution in [1.29, 1.82) is 0 Å². The molecule has 0 bridgehead atoms. The SMILES string of the molecule is COCCNCC(=O)Nc1nnc(SCc2ccccc2)s1.Cl. The highest BCUT2D eigenvalue weighted by atomic mass is 35.5. The molecule has 6 nitrogen and oxygen atoms in total. The second-order valence-electron chi connectivity index (χ2n) is 4.37. The largest absolute Gasteiger partial charge is 0.383 e. The number of rotatable bonds is 9. The van der Waals surface area contributed by atoms with E-state index in [1.165, 1.54) is 16.9 Å². The fraction of sp³-hybridized carbons (Fsp3) is 0.357. The number of ether oxygens (including phenoxy) is 1. The molecule has 0 aliphatic rings. The molecule has 0 saturated heterocycles. The molecule has 0 atom stereocenters. The lowest BCUT2D eigenvalue weighted by atomic mass is 10.2. The van der Waals surface area contributed by atoms with Crippen molar-refractivity contribution in [3.05, 3.63) is 35.9 Å². The molecule has 0 spiro atoms. The lowest BCUT2D eigenvalue weighted by Crippen LogP contribution is -2.30. The molecule has 0 unspecified atom stereocenters. The fourth-order valence-electron chi connectivity index (χ4n) is 1.58. The van der Waals surface area contributed by atoms with Crippen LogP contribution in [0.1, 0.15) is 5.56 Å². The van der Waals surface area contributed by atoms with Gasteiger partial charge in [0.05, 0.1) is 13.2 Å². The number of benzene rings is 1. The number of amides is 1. The number of thioether (sulfide) groups is 1. The normalized spacial score (nSPS) is 10.1. The Kier molecular flexibility index (Phi) is 9.81. The van der Waals surface area contributed by atoms with Crippen molar-refractivity contribution in [2.24, 2.45) is 0 Å². The van der Waals surface area contributed by atoms with E-state index in [1.54, 1.807) is 18.9 Å². The van der Waals surface area contributed by atoms with Crippen molar-refractivity contribution in [2.75, 3.05) is 32.1 Å². The third kappa shape index (κ3) is 7.76. The second kappa shape index (κ2) is 11.4. The van der Waals surface area contributed by atoms with Gasteiger partial charge in [-0.05, 0) is 5.56 Å². The number of methoxy groups -OCH3 is 1. The van der Waals surface area contributed by atoms with Crippen molar-refractivity contribution in [2.45, 2.75) is 10.1 Å². The Balaban J connectivity index is 0.00000264. The number of carbonyl (C=O) groups excluding carboxylic acids is 1. The van der Waals surface area contributed by atoms with Crippen LogP contribution in [0, 0.1) is 0 Å². The van der Waals surface area contributed by atoms with Crippen molar-refractivity contribution in [3.63, 3.8) is 0 Å². The van der Waals surface area contributed by atoms with Crippen LogP contribution in [0.2, 0.25) is 0 Å². The Morgan fingerprint density at radius 1 is 1.30 bits per heavy atom. The van der Waals surface area contributed by atoms with Gasteiger partial charge < -0.3 is 10.1 Å². The van der Waals surface area contributed by atoms with E-state index in [1.807, 2.05) is 18.2 Å². The van der Waals surface area contributed by atoms with E-state index in [2.05, 4.69) is 33.0 Å². The van der Waals surface area contributed by atoms with Crippen molar-refractivity contribution < 1.29 is 9.53 Å². The molecule has 0 aliphatic heterocycles. The molecule has 1 heterocycles. The van der Waals surface area contributed by atoms with Gasteiger partial charge in [-0.15, -0.1) is 22.6 Å². The zero-order valence-corrected chi connectivity index (χ0v) is 15.1. The average Bonchev–Trinajstić information content (AvgIpc) is 2.98. The van der Waals surface area contributed by atoms with Crippen LogP contribution in [0.5, 0.6) is 0 Å². The predicted molar refractivity (Wildman–Crippen MR) is 96.5 cm³/mol. The van der Waals surface area contributed by atoms with Gasteiger partial charge >= 0.3 is 0 Å². The van der Waals surface area contributed by atoms with Crippen molar-refractivity contribution >= 4 is 46.5 Å². The molecule has 2 aromatic rings. The Hall–Kier alpha value is -1.19. The summed E-state index contributed by atoms with van der Waals surface area (Å²) < 4.78 is 5.73. The predicted octanol–water partition coefficient (Wildman–Crippen LogP) is 2.43. The number of hydrogen-bond donors (Lipinski definition) is 2. The van der Waals surface area contributed by atoms with E-state index in [-0.39, 0.29) is 24.9 Å². The van der Waals surface area contributed by atoms with Crippen LogP contribution in [-0.4, -0.2) is 42.9 Å². The third-order valence-electron chi connectivity index (χ3n) is 2.63. The van der Waals surface area contributed by atoms with Crippen molar-refractivity contribution in [1.82, 2.24) is 15.5 Å². The van der Waals surface area contributed by atoms with Gasteiger partial charge in [-0.2, -0.15) is 0 Å². The van der Waals surface area contributed by atoms with Crippen LogP contribution in [-0.2, 0) is 15.3 Å².